The number of carbonyl (C=O) groups is 1. The zero-order valence-electron chi connectivity index (χ0n) is 14.4. The highest BCUT2D eigenvalue weighted by molar-refractivity contribution is 7.22. The molecule has 1 aromatic carbocycles. The number of aromatic nitrogens is 3. The molecule has 0 aliphatic heterocycles. The number of fused-ring (bicyclic) bond motifs is 1. The molecule has 2 aromatic heterocycles. The van der Waals surface area contributed by atoms with Crippen molar-refractivity contribution in [1.82, 2.24) is 14.8 Å². The Kier molecular flexibility index (Phi) is 4.39. The van der Waals surface area contributed by atoms with Crippen molar-refractivity contribution in [2.24, 2.45) is 7.05 Å². The zero-order valence-corrected chi connectivity index (χ0v) is 15.2. The minimum atomic E-state index is -4.77. The van der Waals surface area contributed by atoms with E-state index in [1.54, 1.807) is 37.2 Å². The second kappa shape index (κ2) is 6.27. The van der Waals surface area contributed by atoms with Gasteiger partial charge in [0.1, 0.15) is 11.3 Å². The molecule has 0 N–H and O–H groups in total. The summed E-state index contributed by atoms with van der Waals surface area (Å²) in [5, 5.41) is 4.64. The number of aryl methyl sites for hydroxylation is 1. The van der Waals surface area contributed by atoms with Gasteiger partial charge in [-0.25, -0.2) is 9.78 Å². The van der Waals surface area contributed by atoms with Gasteiger partial charge in [0.25, 0.3) is 0 Å². The molecule has 0 atom stereocenters. The van der Waals surface area contributed by atoms with E-state index in [2.05, 4.69) is 14.8 Å². The van der Waals surface area contributed by atoms with Crippen LogP contribution in [0.4, 0.5) is 18.3 Å². The minimum absolute atomic E-state index is 0.270. The fraction of sp³-hybridized carbons (Fsp3) is 0.312. The number of alkyl halides is 3. The van der Waals surface area contributed by atoms with Crippen LogP contribution in [0.5, 0.6) is 0 Å². The first-order chi connectivity index (χ1) is 12.1. The van der Waals surface area contributed by atoms with E-state index in [0.29, 0.717) is 15.3 Å². The summed E-state index contributed by atoms with van der Waals surface area (Å²) in [7, 11) is 5.91. The van der Waals surface area contributed by atoms with Crippen LogP contribution in [0.2, 0.25) is 0 Å². The molecule has 0 spiro atoms. The quantitative estimate of drug-likeness (QED) is 0.646. The van der Waals surface area contributed by atoms with Crippen LogP contribution in [0.25, 0.3) is 21.5 Å². The van der Waals surface area contributed by atoms with Crippen LogP contribution in [0.1, 0.15) is 16.1 Å². The highest BCUT2D eigenvalue weighted by atomic mass is 32.1. The predicted octanol–water partition coefficient (Wildman–Crippen LogP) is 3.57. The summed E-state index contributed by atoms with van der Waals surface area (Å²) >= 11 is 1.26. The molecule has 0 aliphatic carbocycles. The molecule has 0 bridgehead atoms. The molecule has 0 amide bonds. The number of hydrogen-bond acceptors (Lipinski definition) is 6. The molecule has 2 heterocycles. The minimum Gasteiger partial charge on any atom is -0.464 e. The Morgan fingerprint density at radius 1 is 1.31 bits per heavy atom. The van der Waals surface area contributed by atoms with Gasteiger partial charge in [-0.05, 0) is 6.07 Å². The van der Waals surface area contributed by atoms with Crippen molar-refractivity contribution in [3.05, 3.63) is 29.5 Å². The summed E-state index contributed by atoms with van der Waals surface area (Å²) in [6, 6.07) is 4.88. The standard InChI is InChI=1S/C16H15F3N4O2S/c1-22(2)15-20-9-7-5-6-8(13(9)26-15)11-10(16(17,18)19)12(14(24)25-4)23(3)21-11/h5-7H,1-4H3. The molecule has 0 fully saturated rings. The molecule has 0 radical (unpaired) electrons. The molecule has 0 saturated heterocycles. The Morgan fingerprint density at radius 2 is 2.00 bits per heavy atom. The maximum absolute atomic E-state index is 13.8. The third-order valence-corrected chi connectivity index (χ3v) is 5.02. The third kappa shape index (κ3) is 2.90. The van der Waals surface area contributed by atoms with Gasteiger partial charge in [0.05, 0.1) is 17.3 Å². The number of benzene rings is 1. The summed E-state index contributed by atoms with van der Waals surface area (Å²) in [6.07, 6.45) is -4.77. The maximum atomic E-state index is 13.8. The third-order valence-electron chi connectivity index (χ3n) is 3.75. The lowest BCUT2D eigenvalue weighted by molar-refractivity contribution is -0.137. The average molecular weight is 384 g/mol. The number of ether oxygens (including phenoxy) is 1. The smallest absolute Gasteiger partial charge is 0.420 e. The van der Waals surface area contributed by atoms with Crippen molar-refractivity contribution >= 4 is 32.7 Å². The van der Waals surface area contributed by atoms with Crippen LogP contribution in [-0.4, -0.2) is 41.9 Å². The van der Waals surface area contributed by atoms with E-state index in [0.717, 1.165) is 11.8 Å². The number of carbonyl (C=O) groups excluding carboxylic acids is 1. The van der Waals surface area contributed by atoms with Crippen molar-refractivity contribution < 1.29 is 22.7 Å². The molecule has 0 saturated carbocycles. The van der Waals surface area contributed by atoms with E-state index in [1.165, 1.54) is 18.4 Å². The molecule has 3 rings (SSSR count). The van der Waals surface area contributed by atoms with Crippen molar-refractivity contribution in [3.8, 4) is 11.3 Å². The van der Waals surface area contributed by atoms with Crippen molar-refractivity contribution in [3.63, 3.8) is 0 Å². The number of anilines is 1. The second-order valence-corrected chi connectivity index (χ2v) is 6.71. The molecular formula is C16H15F3N4O2S. The Balaban J connectivity index is 2.34. The summed E-state index contributed by atoms with van der Waals surface area (Å²) in [4.78, 5) is 18.1. The largest absolute Gasteiger partial charge is 0.464 e. The lowest BCUT2D eigenvalue weighted by Gasteiger charge is -2.09. The maximum Gasteiger partial charge on any atom is 0.420 e. The average Bonchev–Trinajstić information content (AvgIpc) is 3.14. The van der Waals surface area contributed by atoms with Gasteiger partial charge < -0.3 is 9.64 Å². The molecule has 3 aromatic rings. The van der Waals surface area contributed by atoms with Crippen LogP contribution in [-0.2, 0) is 18.0 Å². The topological polar surface area (TPSA) is 60.2 Å². The lowest BCUT2D eigenvalue weighted by atomic mass is 10.0. The van der Waals surface area contributed by atoms with E-state index >= 15 is 0 Å². The number of hydrogen-bond donors (Lipinski definition) is 0. The Labute approximate surface area is 150 Å². The summed E-state index contributed by atoms with van der Waals surface area (Å²) in [6.45, 7) is 0. The summed E-state index contributed by atoms with van der Waals surface area (Å²) in [5.41, 5.74) is -1.23. The van der Waals surface area contributed by atoms with E-state index in [4.69, 9.17) is 0 Å². The van der Waals surface area contributed by atoms with Gasteiger partial charge in [0, 0.05) is 26.7 Å². The van der Waals surface area contributed by atoms with Crippen molar-refractivity contribution in [2.45, 2.75) is 6.18 Å². The lowest BCUT2D eigenvalue weighted by Crippen LogP contribution is -2.16. The van der Waals surface area contributed by atoms with Crippen LogP contribution in [0.15, 0.2) is 18.2 Å². The first-order valence-electron chi connectivity index (χ1n) is 7.45. The Morgan fingerprint density at radius 3 is 2.58 bits per heavy atom. The van der Waals surface area contributed by atoms with Gasteiger partial charge >= 0.3 is 12.1 Å². The molecular weight excluding hydrogens is 369 g/mol. The highest BCUT2D eigenvalue weighted by Gasteiger charge is 2.43. The van der Waals surface area contributed by atoms with Crippen molar-refractivity contribution in [1.29, 1.82) is 0 Å². The molecule has 0 unspecified atom stereocenters. The molecule has 6 nitrogen and oxygen atoms in total. The molecule has 26 heavy (non-hydrogen) atoms. The highest BCUT2D eigenvalue weighted by Crippen LogP contribution is 2.43. The van der Waals surface area contributed by atoms with Gasteiger partial charge in [-0.3, -0.25) is 4.68 Å². The van der Waals surface area contributed by atoms with Crippen LogP contribution >= 0.6 is 11.3 Å². The fourth-order valence-electron chi connectivity index (χ4n) is 2.63. The van der Waals surface area contributed by atoms with Gasteiger partial charge in [0.15, 0.2) is 10.8 Å². The Hall–Kier alpha value is -2.62. The Bertz CT molecular complexity index is 991. The van der Waals surface area contributed by atoms with Gasteiger partial charge in [-0.15, -0.1) is 0 Å². The number of esters is 1. The van der Waals surface area contributed by atoms with E-state index in [1.807, 2.05) is 0 Å². The number of thiazole rings is 1. The van der Waals surface area contributed by atoms with Gasteiger partial charge in [0.2, 0.25) is 0 Å². The summed E-state index contributed by atoms with van der Waals surface area (Å²) in [5.74, 6) is -1.09. The molecule has 0 aliphatic rings. The van der Waals surface area contributed by atoms with Crippen LogP contribution in [0.3, 0.4) is 0 Å². The van der Waals surface area contributed by atoms with Crippen LogP contribution in [0, 0.1) is 0 Å². The van der Waals surface area contributed by atoms with Crippen LogP contribution < -0.4 is 4.90 Å². The SMILES string of the molecule is COC(=O)c1c(C(F)(F)F)c(-c2cccc3nc(N(C)C)sc23)nn1C. The predicted molar refractivity (Wildman–Crippen MR) is 92.5 cm³/mol. The number of methoxy groups -OCH3 is 1. The summed E-state index contributed by atoms with van der Waals surface area (Å²) < 4.78 is 47.2. The van der Waals surface area contributed by atoms with E-state index < -0.39 is 23.4 Å². The normalized spacial score (nSPS) is 11.8. The number of nitrogens with zero attached hydrogens (tertiary/aromatic N) is 4. The first kappa shape index (κ1) is 18.2. The number of halogens is 3. The fourth-order valence-corrected chi connectivity index (χ4v) is 3.63. The second-order valence-electron chi connectivity index (χ2n) is 5.73. The monoisotopic (exact) mass is 384 g/mol. The van der Waals surface area contributed by atoms with Gasteiger partial charge in [-0.2, -0.15) is 18.3 Å². The van der Waals surface area contributed by atoms with Crippen molar-refractivity contribution in [2.75, 3.05) is 26.1 Å². The zero-order chi connectivity index (χ0) is 19.2. The molecule has 10 heteroatoms. The first-order valence-corrected chi connectivity index (χ1v) is 8.26. The number of rotatable bonds is 3. The van der Waals surface area contributed by atoms with Gasteiger partial charge in [-0.1, -0.05) is 23.5 Å². The van der Waals surface area contributed by atoms with E-state index in [9.17, 15) is 18.0 Å². The van der Waals surface area contributed by atoms with E-state index in [-0.39, 0.29) is 11.3 Å². The molecule has 138 valence electrons.